The van der Waals surface area contributed by atoms with Crippen molar-refractivity contribution < 1.29 is 0 Å². The van der Waals surface area contributed by atoms with Crippen molar-refractivity contribution in [3.63, 3.8) is 0 Å². The summed E-state index contributed by atoms with van der Waals surface area (Å²) in [5.74, 6) is 0. The van der Waals surface area contributed by atoms with E-state index in [0.717, 1.165) is 27.3 Å². The van der Waals surface area contributed by atoms with Gasteiger partial charge in [0.05, 0.1) is 17.6 Å². The number of halogens is 2. The number of imidazole rings is 1. The van der Waals surface area contributed by atoms with Gasteiger partial charge >= 0.3 is 0 Å². The lowest BCUT2D eigenvalue weighted by molar-refractivity contribution is 0.800. The van der Waals surface area contributed by atoms with Gasteiger partial charge in [0.2, 0.25) is 0 Å². The second kappa shape index (κ2) is 4.75. The Morgan fingerprint density at radius 3 is 2.56 bits per heavy atom. The SMILES string of the molecule is Clc1ccc(Cn2c(Br)nc3ccccc32)cc1. The van der Waals surface area contributed by atoms with E-state index in [-0.39, 0.29) is 0 Å². The highest BCUT2D eigenvalue weighted by Gasteiger charge is 2.07. The normalized spacial score (nSPS) is 11.0. The van der Waals surface area contributed by atoms with Gasteiger partial charge in [-0.05, 0) is 45.8 Å². The van der Waals surface area contributed by atoms with Crippen molar-refractivity contribution >= 4 is 38.6 Å². The van der Waals surface area contributed by atoms with Gasteiger partial charge < -0.3 is 4.57 Å². The molecular formula is C14H10BrClN2. The number of aromatic nitrogens is 2. The van der Waals surface area contributed by atoms with Gasteiger partial charge in [0, 0.05) is 5.02 Å². The summed E-state index contributed by atoms with van der Waals surface area (Å²) in [7, 11) is 0. The first-order chi connectivity index (χ1) is 8.74. The minimum Gasteiger partial charge on any atom is -0.314 e. The lowest BCUT2D eigenvalue weighted by Gasteiger charge is -2.06. The molecule has 0 aliphatic rings. The summed E-state index contributed by atoms with van der Waals surface area (Å²) in [5, 5.41) is 0.758. The fourth-order valence-corrected chi connectivity index (χ4v) is 2.60. The summed E-state index contributed by atoms with van der Waals surface area (Å²) in [4.78, 5) is 4.48. The molecule has 0 amide bonds. The van der Waals surface area contributed by atoms with Gasteiger partial charge in [-0.15, -0.1) is 0 Å². The highest BCUT2D eigenvalue weighted by molar-refractivity contribution is 9.10. The minimum atomic E-state index is 0.758. The van der Waals surface area contributed by atoms with Gasteiger partial charge in [-0.1, -0.05) is 35.9 Å². The van der Waals surface area contributed by atoms with Gasteiger partial charge in [-0.3, -0.25) is 0 Å². The Labute approximate surface area is 118 Å². The zero-order chi connectivity index (χ0) is 12.5. The number of benzene rings is 2. The van der Waals surface area contributed by atoms with E-state index < -0.39 is 0 Å². The van der Waals surface area contributed by atoms with Crippen molar-refractivity contribution in [3.05, 3.63) is 63.9 Å². The molecule has 0 bridgehead atoms. The number of nitrogens with zero attached hydrogens (tertiary/aromatic N) is 2. The van der Waals surface area contributed by atoms with Crippen molar-refractivity contribution in [2.75, 3.05) is 0 Å². The molecule has 90 valence electrons. The van der Waals surface area contributed by atoms with E-state index in [1.165, 1.54) is 5.56 Å². The third-order valence-electron chi connectivity index (χ3n) is 2.86. The molecule has 18 heavy (non-hydrogen) atoms. The second-order valence-electron chi connectivity index (χ2n) is 4.08. The standard InChI is InChI=1S/C14H10BrClN2/c15-14-17-12-3-1-2-4-13(12)18(14)9-10-5-7-11(16)8-6-10/h1-8H,9H2. The van der Waals surface area contributed by atoms with Crippen molar-refractivity contribution in [3.8, 4) is 0 Å². The molecule has 4 heteroatoms. The third kappa shape index (κ3) is 2.16. The Morgan fingerprint density at radius 1 is 1.06 bits per heavy atom. The van der Waals surface area contributed by atoms with Crippen LogP contribution in [0.1, 0.15) is 5.56 Å². The molecule has 3 rings (SSSR count). The molecule has 0 radical (unpaired) electrons. The summed E-state index contributed by atoms with van der Waals surface area (Å²) in [5.41, 5.74) is 3.32. The van der Waals surface area contributed by atoms with E-state index in [9.17, 15) is 0 Å². The second-order valence-corrected chi connectivity index (χ2v) is 5.23. The van der Waals surface area contributed by atoms with Gasteiger partial charge in [-0.25, -0.2) is 4.98 Å². The van der Waals surface area contributed by atoms with E-state index in [4.69, 9.17) is 11.6 Å². The van der Waals surface area contributed by atoms with Crippen LogP contribution in [0.3, 0.4) is 0 Å². The first-order valence-corrected chi connectivity index (χ1v) is 6.76. The molecule has 0 saturated carbocycles. The smallest absolute Gasteiger partial charge is 0.178 e. The quantitative estimate of drug-likeness (QED) is 0.679. The molecule has 0 spiro atoms. The largest absolute Gasteiger partial charge is 0.314 e. The fraction of sp³-hybridized carbons (Fsp3) is 0.0714. The lowest BCUT2D eigenvalue weighted by atomic mass is 10.2. The number of fused-ring (bicyclic) bond motifs is 1. The van der Waals surface area contributed by atoms with Gasteiger partial charge in [-0.2, -0.15) is 0 Å². The van der Waals surface area contributed by atoms with Crippen molar-refractivity contribution in [1.82, 2.24) is 9.55 Å². The zero-order valence-corrected chi connectivity index (χ0v) is 11.8. The predicted molar refractivity (Wildman–Crippen MR) is 78.0 cm³/mol. The average Bonchev–Trinajstić information content (AvgIpc) is 2.69. The molecule has 2 aromatic carbocycles. The summed E-state index contributed by atoms with van der Waals surface area (Å²) >= 11 is 9.40. The van der Waals surface area contributed by atoms with E-state index >= 15 is 0 Å². The molecule has 0 unspecified atom stereocenters. The molecule has 0 aliphatic heterocycles. The first kappa shape index (κ1) is 11.8. The monoisotopic (exact) mass is 320 g/mol. The number of para-hydroxylation sites is 2. The van der Waals surface area contributed by atoms with Crippen LogP contribution in [0.15, 0.2) is 53.3 Å². The minimum absolute atomic E-state index is 0.758. The molecule has 0 aliphatic carbocycles. The van der Waals surface area contributed by atoms with Crippen LogP contribution in [-0.2, 0) is 6.54 Å². The average molecular weight is 322 g/mol. The number of hydrogen-bond donors (Lipinski definition) is 0. The summed E-state index contributed by atoms with van der Waals surface area (Å²) in [6, 6.07) is 16.0. The number of hydrogen-bond acceptors (Lipinski definition) is 1. The third-order valence-corrected chi connectivity index (χ3v) is 3.72. The highest BCUT2D eigenvalue weighted by Crippen LogP contribution is 2.21. The molecule has 2 nitrogen and oxygen atoms in total. The van der Waals surface area contributed by atoms with Crippen molar-refractivity contribution in [2.45, 2.75) is 6.54 Å². The summed E-state index contributed by atoms with van der Waals surface area (Å²) in [6.45, 7) is 0.776. The van der Waals surface area contributed by atoms with E-state index in [2.05, 4.69) is 31.5 Å². The van der Waals surface area contributed by atoms with Crippen LogP contribution in [-0.4, -0.2) is 9.55 Å². The molecule has 1 heterocycles. The van der Waals surface area contributed by atoms with Gasteiger partial charge in [0.25, 0.3) is 0 Å². The van der Waals surface area contributed by atoms with Crippen LogP contribution in [0.4, 0.5) is 0 Å². The zero-order valence-electron chi connectivity index (χ0n) is 9.48. The Balaban J connectivity index is 2.04. The maximum atomic E-state index is 5.89. The molecule has 0 fully saturated rings. The Bertz CT molecular complexity index is 689. The van der Waals surface area contributed by atoms with Crippen molar-refractivity contribution in [1.29, 1.82) is 0 Å². The molecule has 1 aromatic heterocycles. The van der Waals surface area contributed by atoms with Crippen LogP contribution in [0, 0.1) is 0 Å². The van der Waals surface area contributed by atoms with Crippen molar-refractivity contribution in [2.24, 2.45) is 0 Å². The molecular weight excluding hydrogens is 312 g/mol. The Hall–Kier alpha value is -1.32. The topological polar surface area (TPSA) is 17.8 Å². The molecule has 0 atom stereocenters. The lowest BCUT2D eigenvalue weighted by Crippen LogP contribution is -1.99. The highest BCUT2D eigenvalue weighted by atomic mass is 79.9. The number of rotatable bonds is 2. The maximum Gasteiger partial charge on any atom is 0.178 e. The fourth-order valence-electron chi connectivity index (χ4n) is 1.97. The molecule has 0 N–H and O–H groups in total. The summed E-state index contributed by atoms with van der Waals surface area (Å²) < 4.78 is 2.98. The predicted octanol–water partition coefficient (Wildman–Crippen LogP) is 4.50. The maximum absolute atomic E-state index is 5.89. The molecule has 3 aromatic rings. The van der Waals surface area contributed by atoms with Crippen LogP contribution < -0.4 is 0 Å². The van der Waals surface area contributed by atoms with Crippen LogP contribution in [0.5, 0.6) is 0 Å². The van der Waals surface area contributed by atoms with Crippen LogP contribution >= 0.6 is 27.5 Å². The van der Waals surface area contributed by atoms with Crippen LogP contribution in [0.25, 0.3) is 11.0 Å². The van der Waals surface area contributed by atoms with E-state index in [1.807, 2.05) is 42.5 Å². The Morgan fingerprint density at radius 2 is 1.78 bits per heavy atom. The first-order valence-electron chi connectivity index (χ1n) is 5.59. The molecule has 0 saturated heterocycles. The van der Waals surface area contributed by atoms with Gasteiger partial charge in [0.1, 0.15) is 0 Å². The van der Waals surface area contributed by atoms with Crippen LogP contribution in [0.2, 0.25) is 5.02 Å². The van der Waals surface area contributed by atoms with Gasteiger partial charge in [0.15, 0.2) is 4.73 Å². The van der Waals surface area contributed by atoms with E-state index in [0.29, 0.717) is 0 Å². The Kier molecular flexibility index (Phi) is 3.10. The van der Waals surface area contributed by atoms with E-state index in [1.54, 1.807) is 0 Å². The summed E-state index contributed by atoms with van der Waals surface area (Å²) in [6.07, 6.45) is 0.